The number of nitrogens with zero attached hydrogens (tertiary/aromatic N) is 4. The van der Waals surface area contributed by atoms with Crippen molar-refractivity contribution in [2.24, 2.45) is 0 Å². The van der Waals surface area contributed by atoms with E-state index in [0.29, 0.717) is 41.2 Å². The Morgan fingerprint density at radius 2 is 1.72 bits per heavy atom. The first-order valence-electron chi connectivity index (χ1n) is 16.5. The summed E-state index contributed by atoms with van der Waals surface area (Å²) in [5.74, 6) is 0.970. The molecule has 1 aromatic heterocycles. The Morgan fingerprint density at radius 3 is 2.51 bits per heavy atom. The van der Waals surface area contributed by atoms with E-state index in [4.69, 9.17) is 21.1 Å². The molecule has 0 radical (unpaired) electrons. The summed E-state index contributed by atoms with van der Waals surface area (Å²) in [6, 6.07) is 24.0. The van der Waals surface area contributed by atoms with Crippen LogP contribution in [0.5, 0.6) is 11.5 Å². The van der Waals surface area contributed by atoms with E-state index < -0.39 is 0 Å². The van der Waals surface area contributed by atoms with E-state index in [0.717, 1.165) is 72.7 Å². The summed E-state index contributed by atoms with van der Waals surface area (Å²) < 4.78 is 13.5. The van der Waals surface area contributed by atoms with Gasteiger partial charge in [-0.2, -0.15) is 0 Å². The number of aromatic nitrogens is 1. The van der Waals surface area contributed by atoms with Crippen molar-refractivity contribution in [2.75, 3.05) is 38.8 Å². The number of ether oxygens (including phenoxy) is 2. The molecule has 9 heteroatoms. The Bertz CT molecular complexity index is 1780. The molecule has 0 saturated carbocycles. The third-order valence-electron chi connectivity index (χ3n) is 10.2. The fourth-order valence-corrected chi connectivity index (χ4v) is 7.97. The van der Waals surface area contributed by atoms with E-state index in [2.05, 4.69) is 27.7 Å². The maximum Gasteiger partial charge on any atom is 0.262 e. The fourth-order valence-electron chi connectivity index (χ4n) is 7.70. The Hall–Kier alpha value is -4.27. The number of likely N-dealkylation sites (tertiary alicyclic amines) is 2. The lowest BCUT2D eigenvalue weighted by Gasteiger charge is -2.43. The number of anilines is 1. The highest BCUT2D eigenvalue weighted by Gasteiger charge is 2.36. The number of carbonyl (C=O) groups is 2. The molecule has 244 valence electrons. The Balaban J connectivity index is 1.23. The predicted octanol–water partition coefficient (Wildman–Crippen LogP) is 7.18. The van der Waals surface area contributed by atoms with Crippen LogP contribution >= 0.6 is 11.6 Å². The van der Waals surface area contributed by atoms with Crippen molar-refractivity contribution in [2.45, 2.75) is 57.3 Å². The first-order valence-corrected chi connectivity index (χ1v) is 16.9. The van der Waals surface area contributed by atoms with Gasteiger partial charge in [0.1, 0.15) is 11.5 Å². The van der Waals surface area contributed by atoms with Gasteiger partial charge in [-0.25, -0.2) is 0 Å². The Morgan fingerprint density at radius 1 is 0.894 bits per heavy atom. The van der Waals surface area contributed by atoms with Crippen molar-refractivity contribution >= 4 is 29.6 Å². The van der Waals surface area contributed by atoms with Crippen molar-refractivity contribution in [1.82, 2.24) is 14.4 Å². The molecule has 2 atom stereocenters. The SMILES string of the molecule is COc1cccc(-c2cc(OC)c(C(=O)N3Cc4ccc(C5CC(N6CCCCC6)CCN5C=O)n4Cc4ccccc43)cc2Cl)c1. The van der Waals surface area contributed by atoms with Gasteiger partial charge in [0.25, 0.3) is 5.91 Å². The van der Waals surface area contributed by atoms with Crippen LogP contribution < -0.4 is 14.4 Å². The average Bonchev–Trinajstić information content (AvgIpc) is 3.43. The zero-order valence-corrected chi connectivity index (χ0v) is 27.8. The standard InChI is InChI=1S/C38H41ClN4O4/c1-46-30-11-8-10-26(19-30)31-22-37(47-2)32(21-33(31)39)38(45)43-24-29-13-14-35(42(29)23-27-9-4-5-12-34(27)43)36-20-28(15-18-41(36)25-44)40-16-6-3-7-17-40/h4-5,8-14,19,21-22,25,28,36H,3,6-7,15-18,20,23-24H2,1-2H3. The van der Waals surface area contributed by atoms with E-state index in [9.17, 15) is 9.59 Å². The molecule has 3 aliphatic heterocycles. The van der Waals surface area contributed by atoms with Crippen LogP contribution in [0.3, 0.4) is 0 Å². The van der Waals surface area contributed by atoms with Gasteiger partial charge in [-0.15, -0.1) is 0 Å². The lowest BCUT2D eigenvalue weighted by Crippen LogP contribution is -2.48. The highest BCUT2D eigenvalue weighted by atomic mass is 35.5. The molecule has 0 N–H and O–H groups in total. The summed E-state index contributed by atoms with van der Waals surface area (Å²) in [6.07, 6.45) is 6.75. The molecule has 8 nitrogen and oxygen atoms in total. The van der Waals surface area contributed by atoms with E-state index in [-0.39, 0.29) is 11.9 Å². The molecular weight excluding hydrogens is 612 g/mol. The molecule has 4 aromatic rings. The normalized spacial score (nSPS) is 19.8. The predicted molar refractivity (Wildman–Crippen MR) is 184 cm³/mol. The molecule has 7 rings (SSSR count). The molecule has 0 aliphatic carbocycles. The minimum Gasteiger partial charge on any atom is -0.497 e. The fraction of sp³-hybridized carbons (Fsp3) is 0.368. The number of hydrogen-bond acceptors (Lipinski definition) is 5. The second-order valence-corrected chi connectivity index (χ2v) is 13.2. The molecule has 0 spiro atoms. The van der Waals surface area contributed by atoms with Crippen molar-refractivity contribution in [1.29, 1.82) is 0 Å². The monoisotopic (exact) mass is 652 g/mol. The Labute approximate surface area is 281 Å². The molecule has 4 heterocycles. The zero-order chi connectivity index (χ0) is 32.5. The highest BCUT2D eigenvalue weighted by Crippen LogP contribution is 2.40. The number of halogens is 1. The molecule has 2 unspecified atom stereocenters. The number of hydrogen-bond donors (Lipinski definition) is 0. The van der Waals surface area contributed by atoms with E-state index in [1.54, 1.807) is 20.3 Å². The quantitative estimate of drug-likeness (QED) is 0.198. The first kappa shape index (κ1) is 31.3. The van der Waals surface area contributed by atoms with Crippen LogP contribution in [0, 0.1) is 0 Å². The molecule has 2 saturated heterocycles. The second-order valence-electron chi connectivity index (χ2n) is 12.8. The van der Waals surface area contributed by atoms with Crippen molar-refractivity contribution in [3.05, 3.63) is 100 Å². The highest BCUT2D eigenvalue weighted by molar-refractivity contribution is 6.34. The maximum absolute atomic E-state index is 14.5. The van der Waals surface area contributed by atoms with Crippen LogP contribution in [-0.2, 0) is 17.9 Å². The number of fused-ring (bicyclic) bond motifs is 2. The molecule has 2 amide bonds. The zero-order valence-electron chi connectivity index (χ0n) is 27.0. The number of carbonyl (C=O) groups excluding carboxylic acids is 2. The van der Waals surface area contributed by atoms with Gasteiger partial charge in [-0.3, -0.25) is 9.59 Å². The molecular formula is C38H41ClN4O4. The molecule has 0 bridgehead atoms. The van der Waals surface area contributed by atoms with Crippen LogP contribution in [0.2, 0.25) is 5.02 Å². The van der Waals surface area contributed by atoms with Crippen molar-refractivity contribution in [3.8, 4) is 22.6 Å². The number of piperidine rings is 2. The van der Waals surface area contributed by atoms with Gasteiger partial charge in [-0.05, 0) is 92.4 Å². The van der Waals surface area contributed by atoms with Crippen LogP contribution in [0.4, 0.5) is 5.69 Å². The van der Waals surface area contributed by atoms with Crippen molar-refractivity contribution in [3.63, 3.8) is 0 Å². The smallest absolute Gasteiger partial charge is 0.262 e. The number of benzene rings is 3. The molecule has 3 aliphatic rings. The third-order valence-corrected chi connectivity index (χ3v) is 10.5. The third kappa shape index (κ3) is 6.01. The van der Waals surface area contributed by atoms with Crippen LogP contribution in [-0.4, -0.2) is 66.6 Å². The Kier molecular flexibility index (Phi) is 8.97. The van der Waals surface area contributed by atoms with Gasteiger partial charge >= 0.3 is 0 Å². The van der Waals surface area contributed by atoms with Gasteiger partial charge in [0.05, 0.1) is 32.4 Å². The lowest BCUT2D eigenvalue weighted by atomic mass is 9.92. The van der Waals surface area contributed by atoms with E-state index in [1.165, 1.54) is 19.3 Å². The summed E-state index contributed by atoms with van der Waals surface area (Å²) in [5, 5.41) is 0.450. The number of amides is 2. The maximum atomic E-state index is 14.5. The van der Waals surface area contributed by atoms with Gasteiger partial charge in [0.15, 0.2) is 0 Å². The van der Waals surface area contributed by atoms with Crippen molar-refractivity contribution < 1.29 is 19.1 Å². The van der Waals surface area contributed by atoms with Gasteiger partial charge in [0, 0.05) is 46.8 Å². The van der Waals surface area contributed by atoms with Crippen LogP contribution in [0.15, 0.2) is 72.8 Å². The summed E-state index contributed by atoms with van der Waals surface area (Å²) in [4.78, 5) is 33.3. The largest absolute Gasteiger partial charge is 0.497 e. The lowest BCUT2D eigenvalue weighted by molar-refractivity contribution is -0.122. The van der Waals surface area contributed by atoms with Gasteiger partial charge in [-0.1, -0.05) is 48.4 Å². The first-order chi connectivity index (χ1) is 23.0. The number of methoxy groups -OCH3 is 2. The summed E-state index contributed by atoms with van der Waals surface area (Å²) in [5.41, 5.74) is 6.05. The molecule has 47 heavy (non-hydrogen) atoms. The van der Waals surface area contributed by atoms with Gasteiger partial charge < -0.3 is 28.7 Å². The summed E-state index contributed by atoms with van der Waals surface area (Å²) >= 11 is 6.86. The molecule has 3 aromatic carbocycles. The minimum absolute atomic E-state index is 0.0144. The van der Waals surface area contributed by atoms with E-state index in [1.807, 2.05) is 58.3 Å². The topological polar surface area (TPSA) is 67.2 Å². The number of rotatable bonds is 7. The van der Waals surface area contributed by atoms with Gasteiger partial charge in [0.2, 0.25) is 6.41 Å². The number of para-hydroxylation sites is 1. The van der Waals surface area contributed by atoms with Crippen LogP contribution in [0.1, 0.15) is 65.5 Å². The summed E-state index contributed by atoms with van der Waals surface area (Å²) in [6.45, 7) is 4.02. The van der Waals surface area contributed by atoms with E-state index >= 15 is 0 Å². The minimum atomic E-state index is -0.193. The average molecular weight is 653 g/mol. The second kappa shape index (κ2) is 13.5. The van der Waals surface area contributed by atoms with Crippen LogP contribution in [0.25, 0.3) is 11.1 Å². The molecule has 2 fully saturated rings. The summed E-state index contributed by atoms with van der Waals surface area (Å²) in [7, 11) is 3.20.